The molecule has 0 heterocycles. The Morgan fingerprint density at radius 3 is 2.13 bits per heavy atom. The smallest absolute Gasteiger partial charge is 0.253 e. The molecule has 0 radical (unpaired) electrons. The summed E-state index contributed by atoms with van der Waals surface area (Å²) in [6.07, 6.45) is 1.07. The predicted molar refractivity (Wildman–Crippen MR) is 63.0 cm³/mol. The first-order valence-corrected chi connectivity index (χ1v) is 5.31. The second kappa shape index (κ2) is 4.96. The third-order valence-corrected chi connectivity index (χ3v) is 2.25. The van der Waals surface area contributed by atoms with Gasteiger partial charge in [-0.25, -0.2) is 0 Å². The third-order valence-electron chi connectivity index (χ3n) is 2.25. The molecule has 0 atom stereocenters. The monoisotopic (exact) mass is 205 g/mol. The van der Waals surface area contributed by atoms with Crippen LogP contribution in [0.4, 0.5) is 0 Å². The standard InChI is InChI=1S/C13H19NO/c1-10(2)9-11-5-7-12(8-6-11)13(15)14(3)4/h5-8,10H,9H2,1-4H3. The molecule has 0 spiro atoms. The summed E-state index contributed by atoms with van der Waals surface area (Å²) < 4.78 is 0. The molecule has 1 rings (SSSR count). The molecule has 1 aromatic rings. The largest absolute Gasteiger partial charge is 0.345 e. The van der Waals surface area contributed by atoms with E-state index in [0.717, 1.165) is 12.0 Å². The van der Waals surface area contributed by atoms with Crippen molar-refractivity contribution in [1.82, 2.24) is 4.90 Å². The zero-order valence-corrected chi connectivity index (χ0v) is 9.95. The van der Waals surface area contributed by atoms with Gasteiger partial charge in [-0.3, -0.25) is 4.79 Å². The van der Waals surface area contributed by atoms with Gasteiger partial charge in [0.25, 0.3) is 5.91 Å². The molecule has 0 saturated heterocycles. The maximum atomic E-state index is 11.6. The molecule has 1 amide bonds. The second-order valence-electron chi connectivity index (χ2n) is 4.49. The molecule has 1 aromatic carbocycles. The summed E-state index contributed by atoms with van der Waals surface area (Å²) in [5.74, 6) is 0.714. The van der Waals surface area contributed by atoms with Crippen molar-refractivity contribution in [2.24, 2.45) is 5.92 Å². The van der Waals surface area contributed by atoms with Crippen molar-refractivity contribution in [2.75, 3.05) is 14.1 Å². The van der Waals surface area contributed by atoms with Crippen molar-refractivity contribution in [2.45, 2.75) is 20.3 Å². The lowest BCUT2D eigenvalue weighted by Gasteiger charge is -2.11. The van der Waals surface area contributed by atoms with Gasteiger partial charge in [0.2, 0.25) is 0 Å². The van der Waals surface area contributed by atoms with E-state index in [1.54, 1.807) is 19.0 Å². The summed E-state index contributed by atoms with van der Waals surface area (Å²) in [7, 11) is 3.54. The molecule has 2 nitrogen and oxygen atoms in total. The summed E-state index contributed by atoms with van der Waals surface area (Å²) in [4.78, 5) is 13.2. The number of benzene rings is 1. The van der Waals surface area contributed by atoms with Gasteiger partial charge in [0.1, 0.15) is 0 Å². The Labute approximate surface area is 91.9 Å². The average molecular weight is 205 g/mol. The van der Waals surface area contributed by atoms with Crippen LogP contribution in [0.25, 0.3) is 0 Å². The van der Waals surface area contributed by atoms with Crippen molar-refractivity contribution in [1.29, 1.82) is 0 Å². The van der Waals surface area contributed by atoms with Gasteiger partial charge in [-0.05, 0) is 30.0 Å². The van der Waals surface area contributed by atoms with Gasteiger partial charge in [-0.1, -0.05) is 26.0 Å². The SMILES string of the molecule is CC(C)Cc1ccc(C(=O)N(C)C)cc1. The third kappa shape index (κ3) is 3.39. The van der Waals surface area contributed by atoms with Crippen molar-refractivity contribution in [3.05, 3.63) is 35.4 Å². The summed E-state index contributed by atoms with van der Waals surface area (Å²) >= 11 is 0. The Balaban J connectivity index is 2.76. The Bertz CT molecular complexity index is 325. The lowest BCUT2D eigenvalue weighted by atomic mass is 10.0. The maximum Gasteiger partial charge on any atom is 0.253 e. The highest BCUT2D eigenvalue weighted by molar-refractivity contribution is 5.93. The number of nitrogens with zero attached hydrogens (tertiary/aromatic N) is 1. The zero-order chi connectivity index (χ0) is 11.4. The highest BCUT2D eigenvalue weighted by Crippen LogP contribution is 2.10. The normalized spacial score (nSPS) is 10.5. The minimum absolute atomic E-state index is 0.0612. The van der Waals surface area contributed by atoms with Crippen LogP contribution in [0.1, 0.15) is 29.8 Å². The maximum absolute atomic E-state index is 11.6. The molecular formula is C13H19NO. The summed E-state index contributed by atoms with van der Waals surface area (Å²) in [6, 6.07) is 7.88. The van der Waals surface area contributed by atoms with Gasteiger partial charge in [0, 0.05) is 19.7 Å². The van der Waals surface area contributed by atoms with E-state index in [-0.39, 0.29) is 5.91 Å². The fraction of sp³-hybridized carbons (Fsp3) is 0.462. The number of carbonyl (C=O) groups excluding carboxylic acids is 1. The van der Waals surface area contributed by atoms with E-state index < -0.39 is 0 Å². The van der Waals surface area contributed by atoms with Gasteiger partial charge >= 0.3 is 0 Å². The van der Waals surface area contributed by atoms with E-state index in [9.17, 15) is 4.79 Å². The summed E-state index contributed by atoms with van der Waals surface area (Å²) in [5, 5.41) is 0. The number of rotatable bonds is 3. The highest BCUT2D eigenvalue weighted by atomic mass is 16.2. The van der Waals surface area contributed by atoms with Crippen LogP contribution in [0.3, 0.4) is 0 Å². The fourth-order valence-electron chi connectivity index (χ4n) is 1.51. The van der Waals surface area contributed by atoms with Crippen LogP contribution in [0, 0.1) is 5.92 Å². The molecular weight excluding hydrogens is 186 g/mol. The Morgan fingerprint density at radius 2 is 1.73 bits per heavy atom. The first-order valence-electron chi connectivity index (χ1n) is 5.31. The van der Waals surface area contributed by atoms with Gasteiger partial charge < -0.3 is 4.90 Å². The fourth-order valence-corrected chi connectivity index (χ4v) is 1.51. The lowest BCUT2D eigenvalue weighted by Crippen LogP contribution is -2.21. The molecule has 82 valence electrons. The number of carbonyl (C=O) groups is 1. The molecule has 0 fully saturated rings. The van der Waals surface area contributed by atoms with Crippen LogP contribution in [-0.2, 0) is 6.42 Å². The predicted octanol–water partition coefficient (Wildman–Crippen LogP) is 2.59. The molecule has 0 N–H and O–H groups in total. The van der Waals surface area contributed by atoms with Crippen LogP contribution in [-0.4, -0.2) is 24.9 Å². The van der Waals surface area contributed by atoms with E-state index in [4.69, 9.17) is 0 Å². The first kappa shape index (κ1) is 11.8. The van der Waals surface area contributed by atoms with Crippen molar-refractivity contribution < 1.29 is 4.79 Å². The average Bonchev–Trinajstić information content (AvgIpc) is 2.17. The quantitative estimate of drug-likeness (QED) is 0.742. The van der Waals surface area contributed by atoms with Gasteiger partial charge in [0.05, 0.1) is 0 Å². The highest BCUT2D eigenvalue weighted by Gasteiger charge is 2.07. The number of amides is 1. The van der Waals surface area contributed by atoms with Crippen molar-refractivity contribution >= 4 is 5.91 Å². The molecule has 2 heteroatoms. The van der Waals surface area contributed by atoms with Crippen LogP contribution < -0.4 is 0 Å². The second-order valence-corrected chi connectivity index (χ2v) is 4.49. The van der Waals surface area contributed by atoms with Crippen LogP contribution in [0.15, 0.2) is 24.3 Å². The molecule has 15 heavy (non-hydrogen) atoms. The zero-order valence-electron chi connectivity index (χ0n) is 9.95. The van der Waals surface area contributed by atoms with Gasteiger partial charge in [-0.15, -0.1) is 0 Å². The number of hydrogen-bond acceptors (Lipinski definition) is 1. The molecule has 0 aliphatic rings. The topological polar surface area (TPSA) is 20.3 Å². The lowest BCUT2D eigenvalue weighted by molar-refractivity contribution is 0.0827. The van der Waals surface area contributed by atoms with Crippen molar-refractivity contribution in [3.8, 4) is 0 Å². The van der Waals surface area contributed by atoms with Crippen molar-refractivity contribution in [3.63, 3.8) is 0 Å². The molecule has 0 unspecified atom stereocenters. The Hall–Kier alpha value is -1.31. The van der Waals surface area contributed by atoms with E-state index in [2.05, 4.69) is 13.8 Å². The molecule has 0 aromatic heterocycles. The summed E-state index contributed by atoms with van der Waals surface area (Å²) in [5.41, 5.74) is 2.05. The minimum Gasteiger partial charge on any atom is -0.345 e. The Kier molecular flexibility index (Phi) is 3.89. The van der Waals surface area contributed by atoms with E-state index in [0.29, 0.717) is 5.92 Å². The molecule has 0 aliphatic carbocycles. The van der Waals surface area contributed by atoms with Crippen LogP contribution in [0.2, 0.25) is 0 Å². The number of hydrogen-bond donors (Lipinski definition) is 0. The molecule has 0 aliphatic heterocycles. The van der Waals surface area contributed by atoms with Crippen LogP contribution in [0.5, 0.6) is 0 Å². The minimum atomic E-state index is 0.0612. The molecule has 0 saturated carbocycles. The van der Waals surface area contributed by atoms with Crippen LogP contribution >= 0.6 is 0 Å². The molecule has 0 bridgehead atoms. The van der Waals surface area contributed by atoms with E-state index >= 15 is 0 Å². The summed E-state index contributed by atoms with van der Waals surface area (Å²) in [6.45, 7) is 4.39. The first-order chi connectivity index (χ1) is 7.00. The van der Waals surface area contributed by atoms with E-state index in [1.807, 2.05) is 24.3 Å². The van der Waals surface area contributed by atoms with Gasteiger partial charge in [0.15, 0.2) is 0 Å². The Morgan fingerprint density at radius 1 is 1.20 bits per heavy atom. The van der Waals surface area contributed by atoms with Gasteiger partial charge in [-0.2, -0.15) is 0 Å². The van der Waals surface area contributed by atoms with E-state index in [1.165, 1.54) is 5.56 Å².